The number of hydrogen-bond acceptors (Lipinski definition) is 5. The highest BCUT2D eigenvalue weighted by atomic mass is 16.4. The first-order valence-corrected chi connectivity index (χ1v) is 10.7. The molecule has 9 heteroatoms. The van der Waals surface area contributed by atoms with Gasteiger partial charge in [0.1, 0.15) is 6.04 Å². The number of amides is 3. The Hall–Kier alpha value is -3.88. The predicted molar refractivity (Wildman–Crippen MR) is 122 cm³/mol. The Bertz CT molecular complexity index is 1260. The summed E-state index contributed by atoms with van der Waals surface area (Å²) in [7, 11) is 0. The number of carbonyl (C=O) groups is 2. The van der Waals surface area contributed by atoms with Crippen LogP contribution in [0.25, 0.3) is 21.8 Å². The number of fused-ring (bicyclic) bond motifs is 3. The number of aromatic amines is 1. The highest BCUT2D eigenvalue weighted by Gasteiger charge is 2.27. The monoisotopic (exact) mass is 434 g/mol. The SMILES string of the molecule is CCNC(=O)Nc1nnc([C@@H](NC(=O)c2ccc3[nH]c4ccccc4c3c2)C(C)CC)o1. The molecule has 0 aliphatic carbocycles. The Balaban J connectivity index is 1.58. The summed E-state index contributed by atoms with van der Waals surface area (Å²) >= 11 is 0. The van der Waals surface area contributed by atoms with Gasteiger partial charge in [-0.05, 0) is 37.1 Å². The number of hydrogen-bond donors (Lipinski definition) is 4. The quantitative estimate of drug-likeness (QED) is 0.344. The molecule has 2 heterocycles. The summed E-state index contributed by atoms with van der Waals surface area (Å²) < 4.78 is 5.62. The van der Waals surface area contributed by atoms with Gasteiger partial charge >= 0.3 is 12.0 Å². The minimum atomic E-state index is -0.497. The molecule has 0 saturated carbocycles. The second-order valence-electron chi connectivity index (χ2n) is 7.70. The Morgan fingerprint density at radius 2 is 1.84 bits per heavy atom. The molecule has 4 rings (SSSR count). The molecule has 3 amide bonds. The highest BCUT2D eigenvalue weighted by Crippen LogP contribution is 2.28. The number of aromatic nitrogens is 3. The second-order valence-corrected chi connectivity index (χ2v) is 7.70. The summed E-state index contributed by atoms with van der Waals surface area (Å²) in [5.41, 5.74) is 2.53. The molecule has 4 N–H and O–H groups in total. The largest absolute Gasteiger partial charge is 0.405 e. The van der Waals surface area contributed by atoms with Crippen molar-refractivity contribution in [1.29, 1.82) is 0 Å². The van der Waals surface area contributed by atoms with E-state index in [1.807, 2.05) is 50.2 Å². The van der Waals surface area contributed by atoms with Crippen molar-refractivity contribution in [3.63, 3.8) is 0 Å². The molecular weight excluding hydrogens is 408 g/mol. The number of nitrogens with zero attached hydrogens (tertiary/aromatic N) is 2. The Labute approximate surface area is 185 Å². The molecule has 0 fully saturated rings. The van der Waals surface area contributed by atoms with Gasteiger partial charge in [0.15, 0.2) is 0 Å². The van der Waals surface area contributed by atoms with Crippen LogP contribution in [0.3, 0.4) is 0 Å². The van der Waals surface area contributed by atoms with E-state index in [0.717, 1.165) is 28.2 Å². The molecule has 0 spiro atoms. The van der Waals surface area contributed by atoms with E-state index in [2.05, 4.69) is 31.1 Å². The van der Waals surface area contributed by atoms with E-state index in [1.54, 1.807) is 13.0 Å². The van der Waals surface area contributed by atoms with Gasteiger partial charge in [-0.2, -0.15) is 0 Å². The Morgan fingerprint density at radius 3 is 2.62 bits per heavy atom. The number of para-hydroxylation sites is 1. The molecule has 0 radical (unpaired) electrons. The van der Waals surface area contributed by atoms with E-state index in [9.17, 15) is 9.59 Å². The molecule has 2 aromatic heterocycles. The lowest BCUT2D eigenvalue weighted by Crippen LogP contribution is -2.32. The van der Waals surface area contributed by atoms with Crippen LogP contribution in [-0.4, -0.2) is 33.7 Å². The topological polar surface area (TPSA) is 125 Å². The lowest BCUT2D eigenvalue weighted by Gasteiger charge is -2.21. The Morgan fingerprint density at radius 1 is 1.06 bits per heavy atom. The highest BCUT2D eigenvalue weighted by molar-refractivity contribution is 6.10. The lowest BCUT2D eigenvalue weighted by molar-refractivity contribution is 0.0913. The van der Waals surface area contributed by atoms with Crippen molar-refractivity contribution < 1.29 is 14.0 Å². The first-order valence-electron chi connectivity index (χ1n) is 10.7. The molecule has 0 bridgehead atoms. The average Bonchev–Trinajstić information content (AvgIpc) is 3.40. The third kappa shape index (κ3) is 4.27. The van der Waals surface area contributed by atoms with Crippen molar-refractivity contribution in [3.05, 3.63) is 53.9 Å². The van der Waals surface area contributed by atoms with Crippen LogP contribution in [0, 0.1) is 5.92 Å². The first kappa shape index (κ1) is 21.4. The molecule has 0 saturated heterocycles. The van der Waals surface area contributed by atoms with Crippen LogP contribution in [0.4, 0.5) is 10.8 Å². The third-order valence-corrected chi connectivity index (χ3v) is 5.53. The standard InChI is InChI=1S/C23H26N6O3/c1-4-13(3)19(21-28-29-23(32-21)27-22(31)24-5-2)26-20(30)14-10-11-18-16(12-14)15-8-6-7-9-17(15)25-18/h6-13,19,25H,4-5H2,1-3H3,(H,26,30)(H2,24,27,29,31)/t13?,19-/m0/s1. The van der Waals surface area contributed by atoms with Crippen molar-refractivity contribution in [1.82, 2.24) is 25.8 Å². The fourth-order valence-electron chi connectivity index (χ4n) is 3.61. The van der Waals surface area contributed by atoms with Gasteiger partial charge in [-0.3, -0.25) is 10.1 Å². The molecule has 2 aromatic carbocycles. The van der Waals surface area contributed by atoms with E-state index in [1.165, 1.54) is 0 Å². The number of nitrogens with one attached hydrogen (secondary N) is 4. The van der Waals surface area contributed by atoms with Gasteiger partial charge in [0, 0.05) is 33.9 Å². The van der Waals surface area contributed by atoms with E-state index >= 15 is 0 Å². The van der Waals surface area contributed by atoms with Crippen molar-refractivity contribution in [2.24, 2.45) is 5.92 Å². The van der Waals surface area contributed by atoms with Crippen molar-refractivity contribution in [2.45, 2.75) is 33.2 Å². The summed E-state index contributed by atoms with van der Waals surface area (Å²) in [4.78, 5) is 28.2. The van der Waals surface area contributed by atoms with Gasteiger partial charge in [-0.15, -0.1) is 5.10 Å². The van der Waals surface area contributed by atoms with Crippen molar-refractivity contribution in [2.75, 3.05) is 11.9 Å². The summed E-state index contributed by atoms with van der Waals surface area (Å²) in [6.07, 6.45) is 0.786. The maximum atomic E-state index is 13.1. The van der Waals surface area contributed by atoms with Crippen LogP contribution in [0.15, 0.2) is 46.9 Å². The summed E-state index contributed by atoms with van der Waals surface area (Å²) in [5, 5.41) is 18.1. The molecular formula is C23H26N6O3. The van der Waals surface area contributed by atoms with E-state index in [4.69, 9.17) is 4.42 Å². The average molecular weight is 435 g/mol. The third-order valence-electron chi connectivity index (χ3n) is 5.53. The number of urea groups is 1. The van der Waals surface area contributed by atoms with Gasteiger partial charge in [-0.25, -0.2) is 4.79 Å². The van der Waals surface area contributed by atoms with Gasteiger partial charge in [0.25, 0.3) is 5.91 Å². The van der Waals surface area contributed by atoms with Gasteiger partial charge in [0.05, 0.1) is 0 Å². The zero-order valence-electron chi connectivity index (χ0n) is 18.2. The maximum absolute atomic E-state index is 13.1. The van der Waals surface area contributed by atoms with Crippen LogP contribution >= 0.6 is 0 Å². The number of benzene rings is 2. The Kier molecular flexibility index (Phi) is 6.07. The molecule has 1 unspecified atom stereocenters. The maximum Gasteiger partial charge on any atom is 0.323 e. The molecule has 166 valence electrons. The molecule has 0 aliphatic rings. The fraction of sp³-hybridized carbons (Fsp3) is 0.304. The predicted octanol–water partition coefficient (Wildman–Crippen LogP) is 4.36. The van der Waals surface area contributed by atoms with E-state index in [-0.39, 0.29) is 23.7 Å². The van der Waals surface area contributed by atoms with Gasteiger partial charge in [-0.1, -0.05) is 43.6 Å². The number of anilines is 1. The molecule has 32 heavy (non-hydrogen) atoms. The molecule has 4 aromatic rings. The second kappa shape index (κ2) is 9.09. The van der Waals surface area contributed by atoms with E-state index < -0.39 is 12.1 Å². The summed E-state index contributed by atoms with van der Waals surface area (Å²) in [6.45, 7) is 6.29. The molecule has 2 atom stereocenters. The zero-order chi connectivity index (χ0) is 22.7. The van der Waals surface area contributed by atoms with Crippen molar-refractivity contribution >= 4 is 39.8 Å². The molecule has 9 nitrogen and oxygen atoms in total. The number of rotatable bonds is 7. The summed E-state index contributed by atoms with van der Waals surface area (Å²) in [6, 6.07) is 12.6. The number of H-pyrrole nitrogens is 1. The smallest absolute Gasteiger partial charge is 0.323 e. The first-order chi connectivity index (χ1) is 15.5. The lowest BCUT2D eigenvalue weighted by atomic mass is 9.98. The zero-order valence-corrected chi connectivity index (χ0v) is 18.2. The minimum absolute atomic E-state index is 0.0197. The minimum Gasteiger partial charge on any atom is -0.405 e. The molecule has 0 aliphatic heterocycles. The van der Waals surface area contributed by atoms with Crippen molar-refractivity contribution in [3.8, 4) is 0 Å². The summed E-state index contributed by atoms with van der Waals surface area (Å²) in [5.74, 6) is 0.0418. The van der Waals surface area contributed by atoms with Crippen LogP contribution < -0.4 is 16.0 Å². The van der Waals surface area contributed by atoms with Gasteiger partial charge < -0.3 is 20.0 Å². The van der Waals surface area contributed by atoms with Crippen LogP contribution in [0.5, 0.6) is 0 Å². The van der Waals surface area contributed by atoms with Crippen LogP contribution in [0.1, 0.15) is 49.5 Å². The number of carbonyl (C=O) groups excluding carboxylic acids is 2. The fourth-order valence-corrected chi connectivity index (χ4v) is 3.61. The van der Waals surface area contributed by atoms with Gasteiger partial charge in [0.2, 0.25) is 5.89 Å². The van der Waals surface area contributed by atoms with E-state index in [0.29, 0.717) is 12.1 Å². The van der Waals surface area contributed by atoms with Crippen LogP contribution in [0.2, 0.25) is 0 Å². The normalized spacial score (nSPS) is 13.1. The van der Waals surface area contributed by atoms with Crippen LogP contribution in [-0.2, 0) is 0 Å².